The number of hydrogen-bond donors (Lipinski definition) is 1. The van der Waals surface area contributed by atoms with Crippen molar-refractivity contribution in [2.75, 3.05) is 38.1 Å². The van der Waals surface area contributed by atoms with Gasteiger partial charge in [-0.1, -0.05) is 0 Å². The number of pyridine rings is 1. The molecule has 3 aromatic rings. The molecule has 29 heavy (non-hydrogen) atoms. The van der Waals surface area contributed by atoms with Crippen molar-refractivity contribution >= 4 is 17.2 Å². The van der Waals surface area contributed by atoms with Crippen molar-refractivity contribution in [3.05, 3.63) is 65.4 Å². The number of benzene rings is 1. The fourth-order valence-electron chi connectivity index (χ4n) is 3.75. The summed E-state index contributed by atoms with van der Waals surface area (Å²) in [6.07, 6.45) is 3.60. The second kappa shape index (κ2) is 7.83. The summed E-state index contributed by atoms with van der Waals surface area (Å²) >= 11 is 0. The summed E-state index contributed by atoms with van der Waals surface area (Å²) in [6.45, 7) is 7.53. The number of aromatic nitrogens is 2. The smallest absolute Gasteiger partial charge is 0.271 e. The van der Waals surface area contributed by atoms with Crippen LogP contribution in [0.15, 0.2) is 42.7 Å². The largest absolute Gasteiger partial charge is 0.369 e. The molecule has 6 nitrogen and oxygen atoms in total. The molecule has 7 heteroatoms. The average molecular weight is 395 g/mol. The van der Waals surface area contributed by atoms with Crippen molar-refractivity contribution in [3.8, 4) is 0 Å². The second-order valence-corrected chi connectivity index (χ2v) is 7.78. The minimum atomic E-state index is -0.348. The Labute approximate surface area is 170 Å². The van der Waals surface area contributed by atoms with Crippen LogP contribution in [-0.2, 0) is 0 Å². The van der Waals surface area contributed by atoms with E-state index in [0.29, 0.717) is 5.69 Å². The topological polar surface area (TPSA) is 52.9 Å². The molecule has 0 saturated carbocycles. The number of halogens is 1. The van der Waals surface area contributed by atoms with Crippen molar-refractivity contribution in [2.45, 2.75) is 19.9 Å². The molecule has 0 spiro atoms. The van der Waals surface area contributed by atoms with Gasteiger partial charge in [0.2, 0.25) is 0 Å². The maximum Gasteiger partial charge on any atom is 0.271 e. The summed E-state index contributed by atoms with van der Waals surface area (Å²) in [4.78, 5) is 21.7. The third kappa shape index (κ3) is 4.10. The van der Waals surface area contributed by atoms with Crippen molar-refractivity contribution in [1.29, 1.82) is 0 Å². The predicted molar refractivity (Wildman–Crippen MR) is 112 cm³/mol. The Morgan fingerprint density at radius 2 is 1.93 bits per heavy atom. The van der Waals surface area contributed by atoms with Crippen molar-refractivity contribution < 1.29 is 9.18 Å². The van der Waals surface area contributed by atoms with Gasteiger partial charge in [0.1, 0.15) is 17.2 Å². The van der Waals surface area contributed by atoms with E-state index in [9.17, 15) is 9.18 Å². The summed E-state index contributed by atoms with van der Waals surface area (Å²) in [5.74, 6) is -0.574. The molecule has 152 valence electrons. The van der Waals surface area contributed by atoms with Gasteiger partial charge in [-0.25, -0.2) is 9.37 Å². The van der Waals surface area contributed by atoms with E-state index in [1.807, 2.05) is 42.6 Å². The number of likely N-dealkylation sites (N-methyl/N-ethyl adjacent to an activating group) is 1. The number of anilines is 1. The fourth-order valence-corrected chi connectivity index (χ4v) is 3.75. The monoisotopic (exact) mass is 395 g/mol. The van der Waals surface area contributed by atoms with Gasteiger partial charge in [0.05, 0.1) is 6.04 Å². The van der Waals surface area contributed by atoms with Crippen LogP contribution in [0.4, 0.5) is 10.1 Å². The third-order valence-electron chi connectivity index (χ3n) is 5.50. The molecule has 1 aromatic carbocycles. The highest BCUT2D eigenvalue weighted by Gasteiger charge is 2.22. The number of fused-ring (bicyclic) bond motifs is 1. The molecule has 1 aliphatic rings. The van der Waals surface area contributed by atoms with Gasteiger partial charge >= 0.3 is 0 Å². The first-order valence-corrected chi connectivity index (χ1v) is 9.90. The van der Waals surface area contributed by atoms with E-state index >= 15 is 0 Å². The lowest BCUT2D eigenvalue weighted by Gasteiger charge is -2.36. The van der Waals surface area contributed by atoms with Gasteiger partial charge in [0.25, 0.3) is 5.91 Å². The highest BCUT2D eigenvalue weighted by molar-refractivity contribution is 5.93. The molecule has 1 N–H and O–H groups in total. The summed E-state index contributed by atoms with van der Waals surface area (Å²) in [7, 11) is 2.10. The number of aryl methyl sites for hydroxylation is 1. The molecule has 0 radical (unpaired) electrons. The summed E-state index contributed by atoms with van der Waals surface area (Å²) in [5, 5.41) is 2.99. The summed E-state index contributed by atoms with van der Waals surface area (Å²) in [6, 6.07) is 8.36. The fraction of sp³-hybridized carbons (Fsp3) is 0.364. The first-order chi connectivity index (χ1) is 13.9. The highest BCUT2D eigenvalue weighted by Crippen LogP contribution is 2.28. The number of rotatable bonds is 4. The molecule has 1 aliphatic heterocycles. The number of hydrogen-bond acceptors (Lipinski definition) is 4. The van der Waals surface area contributed by atoms with Crippen LogP contribution in [0.1, 0.15) is 34.6 Å². The molecule has 1 fully saturated rings. The molecule has 0 bridgehead atoms. The highest BCUT2D eigenvalue weighted by atomic mass is 19.1. The number of carbonyl (C=O) groups is 1. The number of nitrogens with one attached hydrogen (secondary N) is 1. The maximum absolute atomic E-state index is 14.0. The number of nitrogens with zero attached hydrogens (tertiary/aromatic N) is 4. The molecule has 0 aliphatic carbocycles. The zero-order valence-electron chi connectivity index (χ0n) is 17.0. The molecule has 4 rings (SSSR count). The standard InChI is InChI=1S/C22H26FN5O/c1-15-6-7-28-14-19(25-21(28)12-15)22(29)24-16(2)18-13-17(23)4-5-20(18)27-10-8-26(3)9-11-27/h4-7,12-14,16H,8-11H2,1-3H3,(H,24,29). The third-order valence-corrected chi connectivity index (χ3v) is 5.50. The van der Waals surface area contributed by atoms with Crippen LogP contribution in [0.5, 0.6) is 0 Å². The zero-order valence-corrected chi connectivity index (χ0v) is 17.0. The summed E-state index contributed by atoms with van der Waals surface area (Å²) < 4.78 is 15.8. The Kier molecular flexibility index (Phi) is 5.24. The minimum Gasteiger partial charge on any atom is -0.369 e. The number of imidazole rings is 1. The van der Waals surface area contributed by atoms with Gasteiger partial charge in [-0.3, -0.25) is 4.79 Å². The van der Waals surface area contributed by atoms with Crippen LogP contribution < -0.4 is 10.2 Å². The number of piperazine rings is 1. The Hall–Kier alpha value is -2.93. The van der Waals surface area contributed by atoms with Crippen LogP contribution in [0.3, 0.4) is 0 Å². The lowest BCUT2D eigenvalue weighted by atomic mass is 10.0. The maximum atomic E-state index is 14.0. The van der Waals surface area contributed by atoms with Crippen LogP contribution >= 0.6 is 0 Å². The molecule has 2 aromatic heterocycles. The Balaban J connectivity index is 1.56. The van der Waals surface area contributed by atoms with E-state index < -0.39 is 0 Å². The molecular weight excluding hydrogens is 369 g/mol. The van der Waals surface area contributed by atoms with Crippen molar-refractivity contribution in [2.24, 2.45) is 0 Å². The van der Waals surface area contributed by atoms with E-state index in [0.717, 1.165) is 48.6 Å². The Bertz CT molecular complexity index is 1040. The van der Waals surface area contributed by atoms with Crippen molar-refractivity contribution in [3.63, 3.8) is 0 Å². The van der Waals surface area contributed by atoms with Gasteiger partial charge in [0, 0.05) is 49.8 Å². The van der Waals surface area contributed by atoms with Crippen LogP contribution in [0.25, 0.3) is 5.65 Å². The van der Waals surface area contributed by atoms with Crippen LogP contribution in [-0.4, -0.2) is 53.4 Å². The van der Waals surface area contributed by atoms with Gasteiger partial charge in [-0.2, -0.15) is 0 Å². The number of carbonyl (C=O) groups excluding carboxylic acids is 1. The second-order valence-electron chi connectivity index (χ2n) is 7.78. The first kappa shape index (κ1) is 19.4. The molecular formula is C22H26FN5O. The molecule has 3 heterocycles. The molecule has 1 atom stereocenters. The first-order valence-electron chi connectivity index (χ1n) is 9.90. The quantitative estimate of drug-likeness (QED) is 0.738. The van der Waals surface area contributed by atoms with Crippen LogP contribution in [0, 0.1) is 12.7 Å². The van der Waals surface area contributed by atoms with Crippen LogP contribution in [0.2, 0.25) is 0 Å². The van der Waals surface area contributed by atoms with E-state index in [2.05, 4.69) is 27.1 Å². The van der Waals surface area contributed by atoms with E-state index in [4.69, 9.17) is 0 Å². The molecule has 1 saturated heterocycles. The Morgan fingerprint density at radius 1 is 1.17 bits per heavy atom. The van der Waals surface area contributed by atoms with Gasteiger partial charge in [-0.15, -0.1) is 0 Å². The predicted octanol–water partition coefficient (Wildman–Crippen LogP) is 3.02. The zero-order chi connectivity index (χ0) is 20.5. The van der Waals surface area contributed by atoms with Crippen molar-refractivity contribution in [1.82, 2.24) is 19.6 Å². The molecule has 1 unspecified atom stereocenters. The normalized spacial score (nSPS) is 16.2. The Morgan fingerprint density at radius 3 is 2.69 bits per heavy atom. The van der Waals surface area contributed by atoms with E-state index in [1.165, 1.54) is 12.1 Å². The summed E-state index contributed by atoms with van der Waals surface area (Å²) in [5.41, 5.74) is 3.91. The van der Waals surface area contributed by atoms with E-state index in [1.54, 1.807) is 6.20 Å². The van der Waals surface area contributed by atoms with Gasteiger partial charge in [-0.05, 0) is 56.8 Å². The number of amides is 1. The molecule has 1 amide bonds. The van der Waals surface area contributed by atoms with Gasteiger partial charge < -0.3 is 19.5 Å². The van der Waals surface area contributed by atoms with E-state index in [-0.39, 0.29) is 17.8 Å². The lowest BCUT2D eigenvalue weighted by Crippen LogP contribution is -2.45. The SMILES string of the molecule is Cc1ccn2cc(C(=O)NC(C)c3cc(F)ccc3N3CCN(C)CC3)nc2c1. The average Bonchev–Trinajstić information content (AvgIpc) is 3.12. The minimum absolute atomic E-state index is 0.271. The lowest BCUT2D eigenvalue weighted by molar-refractivity contribution is 0.0935. The van der Waals surface area contributed by atoms with Gasteiger partial charge in [0.15, 0.2) is 0 Å².